The first-order valence-electron chi connectivity index (χ1n) is 6.97. The Morgan fingerprint density at radius 2 is 2.05 bits per heavy atom. The summed E-state index contributed by atoms with van der Waals surface area (Å²) in [6.45, 7) is 9.93. The van der Waals surface area contributed by atoms with Crippen LogP contribution in [0.1, 0.15) is 43.1 Å². The van der Waals surface area contributed by atoms with Gasteiger partial charge in [-0.15, -0.1) is 0 Å². The molecule has 1 N–H and O–H groups in total. The fraction of sp³-hybridized carbons (Fsp3) is 0.562. The van der Waals surface area contributed by atoms with Crippen molar-refractivity contribution in [1.82, 2.24) is 5.32 Å². The Hall–Kier alpha value is -1.35. The minimum Gasteiger partial charge on any atom is -0.458 e. The van der Waals surface area contributed by atoms with E-state index in [0.29, 0.717) is 18.0 Å². The van der Waals surface area contributed by atoms with Crippen LogP contribution in [0.5, 0.6) is 0 Å². The van der Waals surface area contributed by atoms with Crippen LogP contribution in [0.2, 0.25) is 0 Å². The molecule has 0 heterocycles. The van der Waals surface area contributed by atoms with Crippen molar-refractivity contribution >= 4 is 5.97 Å². The number of aryl methyl sites for hydroxylation is 1. The predicted octanol–water partition coefficient (Wildman–Crippen LogP) is 3.18. The van der Waals surface area contributed by atoms with Crippen molar-refractivity contribution in [2.24, 2.45) is 5.92 Å². The Balaban J connectivity index is 2.32. The molecule has 0 amide bonds. The van der Waals surface area contributed by atoms with Crippen molar-refractivity contribution in [3.05, 3.63) is 35.4 Å². The van der Waals surface area contributed by atoms with Crippen LogP contribution in [0, 0.1) is 12.8 Å². The molecule has 3 heteroatoms. The van der Waals surface area contributed by atoms with E-state index >= 15 is 0 Å². The quantitative estimate of drug-likeness (QED) is 0.606. The van der Waals surface area contributed by atoms with Crippen LogP contribution in [-0.4, -0.2) is 25.2 Å². The van der Waals surface area contributed by atoms with Crippen molar-refractivity contribution in [1.29, 1.82) is 0 Å². The van der Waals surface area contributed by atoms with Gasteiger partial charge in [0.1, 0.15) is 6.10 Å². The number of rotatable bonds is 7. The average molecular weight is 263 g/mol. The van der Waals surface area contributed by atoms with Crippen LogP contribution in [0.15, 0.2) is 24.3 Å². The number of carbonyl (C=O) groups is 1. The lowest BCUT2D eigenvalue weighted by atomic mass is 10.1. The number of hydrogen-bond donors (Lipinski definition) is 1. The summed E-state index contributed by atoms with van der Waals surface area (Å²) in [5, 5.41) is 3.31. The van der Waals surface area contributed by atoms with E-state index in [4.69, 9.17) is 4.74 Å². The summed E-state index contributed by atoms with van der Waals surface area (Å²) >= 11 is 0. The molecule has 0 saturated heterocycles. The van der Waals surface area contributed by atoms with Gasteiger partial charge in [-0.25, -0.2) is 4.79 Å². The molecule has 1 atom stereocenters. The third-order valence-electron chi connectivity index (χ3n) is 2.89. The van der Waals surface area contributed by atoms with Gasteiger partial charge in [-0.05, 0) is 44.9 Å². The first kappa shape index (κ1) is 15.7. The lowest BCUT2D eigenvalue weighted by molar-refractivity contribution is 0.0342. The molecule has 0 aliphatic heterocycles. The molecular weight excluding hydrogens is 238 g/mol. The second kappa shape index (κ2) is 7.95. The van der Waals surface area contributed by atoms with E-state index in [1.165, 1.54) is 0 Å². The van der Waals surface area contributed by atoms with Crippen LogP contribution in [-0.2, 0) is 4.74 Å². The van der Waals surface area contributed by atoms with Crippen molar-refractivity contribution < 1.29 is 9.53 Å². The molecular formula is C16H25NO2. The summed E-state index contributed by atoms with van der Waals surface area (Å²) in [5.74, 6) is 0.444. The largest absolute Gasteiger partial charge is 0.458 e. The van der Waals surface area contributed by atoms with E-state index in [2.05, 4.69) is 19.2 Å². The molecule has 0 aliphatic rings. The molecule has 106 valence electrons. The number of nitrogens with one attached hydrogen (secondary N) is 1. The van der Waals surface area contributed by atoms with Gasteiger partial charge < -0.3 is 10.1 Å². The SMILES string of the molecule is Cc1cccc(C(=O)OC(C)CNCCC(C)C)c1. The molecule has 1 rings (SSSR count). The maximum atomic E-state index is 11.9. The minimum atomic E-state index is -0.248. The lowest BCUT2D eigenvalue weighted by Gasteiger charge is -2.15. The van der Waals surface area contributed by atoms with E-state index < -0.39 is 0 Å². The van der Waals surface area contributed by atoms with Crippen LogP contribution >= 0.6 is 0 Å². The predicted molar refractivity (Wildman–Crippen MR) is 78.4 cm³/mol. The van der Waals surface area contributed by atoms with Gasteiger partial charge in [0.05, 0.1) is 5.56 Å². The van der Waals surface area contributed by atoms with Gasteiger partial charge in [0.25, 0.3) is 0 Å². The van der Waals surface area contributed by atoms with Gasteiger partial charge in [-0.1, -0.05) is 31.5 Å². The molecule has 19 heavy (non-hydrogen) atoms. The molecule has 1 aromatic rings. The van der Waals surface area contributed by atoms with Gasteiger partial charge in [-0.2, -0.15) is 0 Å². The summed E-state index contributed by atoms with van der Waals surface area (Å²) in [7, 11) is 0. The summed E-state index contributed by atoms with van der Waals surface area (Å²) in [5.41, 5.74) is 1.69. The zero-order valence-corrected chi connectivity index (χ0v) is 12.4. The highest BCUT2D eigenvalue weighted by Crippen LogP contribution is 2.07. The van der Waals surface area contributed by atoms with Gasteiger partial charge in [0.2, 0.25) is 0 Å². The Kier molecular flexibility index (Phi) is 6.57. The van der Waals surface area contributed by atoms with E-state index in [1.807, 2.05) is 32.0 Å². The first-order chi connectivity index (χ1) is 8.99. The number of esters is 1. The summed E-state index contributed by atoms with van der Waals surface area (Å²) in [6, 6.07) is 7.47. The molecule has 1 unspecified atom stereocenters. The normalized spacial score (nSPS) is 12.5. The van der Waals surface area contributed by atoms with Crippen molar-refractivity contribution in [3.8, 4) is 0 Å². The zero-order chi connectivity index (χ0) is 14.3. The maximum absolute atomic E-state index is 11.9. The second-order valence-electron chi connectivity index (χ2n) is 5.47. The van der Waals surface area contributed by atoms with Crippen LogP contribution in [0.3, 0.4) is 0 Å². The van der Waals surface area contributed by atoms with E-state index in [9.17, 15) is 4.79 Å². The number of benzene rings is 1. The first-order valence-corrected chi connectivity index (χ1v) is 6.97. The molecule has 3 nitrogen and oxygen atoms in total. The van der Waals surface area contributed by atoms with Gasteiger partial charge in [0.15, 0.2) is 0 Å². The molecule has 0 fully saturated rings. The topological polar surface area (TPSA) is 38.3 Å². The summed E-state index contributed by atoms with van der Waals surface area (Å²) in [4.78, 5) is 11.9. The van der Waals surface area contributed by atoms with E-state index in [1.54, 1.807) is 6.07 Å². The Morgan fingerprint density at radius 3 is 2.68 bits per heavy atom. The fourth-order valence-electron chi connectivity index (χ4n) is 1.76. The van der Waals surface area contributed by atoms with Crippen molar-refractivity contribution in [3.63, 3.8) is 0 Å². The molecule has 0 saturated carbocycles. The Morgan fingerprint density at radius 1 is 1.32 bits per heavy atom. The highest BCUT2D eigenvalue weighted by atomic mass is 16.5. The molecule has 0 radical (unpaired) electrons. The average Bonchev–Trinajstić information content (AvgIpc) is 2.34. The molecule has 0 aliphatic carbocycles. The van der Waals surface area contributed by atoms with Gasteiger partial charge >= 0.3 is 5.97 Å². The van der Waals surface area contributed by atoms with Crippen molar-refractivity contribution in [2.45, 2.75) is 40.2 Å². The van der Waals surface area contributed by atoms with Crippen LogP contribution < -0.4 is 5.32 Å². The maximum Gasteiger partial charge on any atom is 0.338 e. The second-order valence-corrected chi connectivity index (χ2v) is 5.47. The van der Waals surface area contributed by atoms with Crippen LogP contribution in [0.4, 0.5) is 0 Å². The summed E-state index contributed by atoms with van der Waals surface area (Å²) in [6.07, 6.45) is 1.03. The van der Waals surface area contributed by atoms with Gasteiger partial charge in [0, 0.05) is 6.54 Å². The molecule has 0 aromatic heterocycles. The third kappa shape index (κ3) is 6.39. The molecule has 1 aromatic carbocycles. The number of carbonyl (C=O) groups excluding carboxylic acids is 1. The van der Waals surface area contributed by atoms with E-state index in [-0.39, 0.29) is 12.1 Å². The molecule has 0 bridgehead atoms. The van der Waals surface area contributed by atoms with Gasteiger partial charge in [-0.3, -0.25) is 0 Å². The Labute approximate surface area is 116 Å². The molecule has 0 spiro atoms. The Bertz CT molecular complexity index is 401. The van der Waals surface area contributed by atoms with E-state index in [0.717, 1.165) is 18.5 Å². The smallest absolute Gasteiger partial charge is 0.338 e. The van der Waals surface area contributed by atoms with Crippen LogP contribution in [0.25, 0.3) is 0 Å². The fourth-order valence-corrected chi connectivity index (χ4v) is 1.76. The lowest BCUT2D eigenvalue weighted by Crippen LogP contribution is -2.30. The monoisotopic (exact) mass is 263 g/mol. The third-order valence-corrected chi connectivity index (χ3v) is 2.89. The number of hydrogen-bond acceptors (Lipinski definition) is 3. The minimum absolute atomic E-state index is 0.111. The highest BCUT2D eigenvalue weighted by molar-refractivity contribution is 5.89. The zero-order valence-electron chi connectivity index (χ0n) is 12.4. The van der Waals surface area contributed by atoms with Crippen molar-refractivity contribution in [2.75, 3.05) is 13.1 Å². The summed E-state index contributed by atoms with van der Waals surface area (Å²) < 4.78 is 5.40. The number of ether oxygens (including phenoxy) is 1. The standard InChI is InChI=1S/C16H25NO2/c1-12(2)8-9-17-11-14(4)19-16(18)15-7-5-6-13(3)10-15/h5-7,10,12,14,17H,8-9,11H2,1-4H3. The highest BCUT2D eigenvalue weighted by Gasteiger charge is 2.11.